The Morgan fingerprint density at radius 1 is 1.70 bits per heavy atom. The van der Waals surface area contributed by atoms with Crippen LogP contribution in [0.4, 0.5) is 0 Å². The molecule has 0 heterocycles. The van der Waals surface area contributed by atoms with Crippen LogP contribution >= 0.6 is 0 Å². The Hall–Kier alpha value is -1.01. The van der Waals surface area contributed by atoms with E-state index in [1.807, 2.05) is 0 Å². The zero-order chi connectivity index (χ0) is 8.04. The lowest BCUT2D eigenvalue weighted by Crippen LogP contribution is -2.37. The van der Waals surface area contributed by atoms with E-state index in [4.69, 9.17) is 10.4 Å². The van der Waals surface area contributed by atoms with Crippen LogP contribution in [-0.4, -0.2) is 17.2 Å². The molecule has 3 heteroatoms. The van der Waals surface area contributed by atoms with Crippen molar-refractivity contribution in [2.75, 3.05) is 6.54 Å². The zero-order valence-electron chi connectivity index (χ0n) is 6.26. The smallest absolute Gasteiger partial charge is 0.101 e. The Balaban J connectivity index is 3.60. The van der Waals surface area contributed by atoms with Crippen molar-refractivity contribution in [1.29, 1.82) is 5.26 Å². The van der Waals surface area contributed by atoms with Gasteiger partial charge < -0.3 is 5.11 Å². The first kappa shape index (κ1) is 8.99. The molecule has 0 aliphatic rings. The van der Waals surface area contributed by atoms with E-state index >= 15 is 0 Å². The summed E-state index contributed by atoms with van der Waals surface area (Å²) in [4.78, 5) is 0. The second kappa shape index (κ2) is 3.91. The molecule has 10 heavy (non-hydrogen) atoms. The van der Waals surface area contributed by atoms with E-state index in [-0.39, 0.29) is 0 Å². The summed E-state index contributed by atoms with van der Waals surface area (Å²) < 4.78 is 0. The summed E-state index contributed by atoms with van der Waals surface area (Å²) in [5.74, 6) is 0. The van der Waals surface area contributed by atoms with Crippen LogP contribution in [0.25, 0.3) is 0 Å². The van der Waals surface area contributed by atoms with Crippen LogP contribution in [0.15, 0.2) is 12.3 Å². The SMILES string of the molecule is CC(C)(C#N)NC/C=C/O. The summed E-state index contributed by atoms with van der Waals surface area (Å²) in [6.45, 7) is 4.06. The van der Waals surface area contributed by atoms with Gasteiger partial charge in [0, 0.05) is 6.54 Å². The molecule has 0 radical (unpaired) electrons. The van der Waals surface area contributed by atoms with E-state index in [2.05, 4.69) is 11.4 Å². The monoisotopic (exact) mass is 140 g/mol. The molecule has 0 bridgehead atoms. The van der Waals surface area contributed by atoms with Crippen LogP contribution in [0.3, 0.4) is 0 Å². The summed E-state index contributed by atoms with van der Waals surface area (Å²) in [7, 11) is 0. The molecule has 0 atom stereocenters. The van der Waals surface area contributed by atoms with Gasteiger partial charge in [0.1, 0.15) is 5.54 Å². The number of hydrogen-bond donors (Lipinski definition) is 2. The molecule has 56 valence electrons. The molecule has 0 aromatic rings. The Labute approximate surface area is 61.0 Å². The molecule has 0 fully saturated rings. The van der Waals surface area contributed by atoms with Crippen molar-refractivity contribution in [3.05, 3.63) is 12.3 Å². The van der Waals surface area contributed by atoms with Crippen LogP contribution in [0.5, 0.6) is 0 Å². The number of nitrogens with one attached hydrogen (secondary N) is 1. The average molecular weight is 140 g/mol. The third kappa shape index (κ3) is 3.93. The minimum absolute atomic E-state index is 0.511. The van der Waals surface area contributed by atoms with Gasteiger partial charge in [-0.2, -0.15) is 5.26 Å². The molecule has 3 nitrogen and oxygen atoms in total. The minimum Gasteiger partial charge on any atom is -0.516 e. The molecule has 0 unspecified atom stereocenters. The lowest BCUT2D eigenvalue weighted by atomic mass is 10.1. The second-order valence-electron chi connectivity index (χ2n) is 2.50. The molecular formula is C7H12N2O. The van der Waals surface area contributed by atoms with Crippen LogP contribution in [-0.2, 0) is 0 Å². The Morgan fingerprint density at radius 3 is 2.70 bits per heavy atom. The van der Waals surface area contributed by atoms with E-state index in [1.54, 1.807) is 19.9 Å². The quantitative estimate of drug-likeness (QED) is 0.574. The maximum absolute atomic E-state index is 8.49. The molecule has 0 amide bonds. The maximum atomic E-state index is 8.49. The van der Waals surface area contributed by atoms with Gasteiger partial charge in [-0.05, 0) is 19.9 Å². The fraction of sp³-hybridized carbons (Fsp3) is 0.571. The first-order valence-electron chi connectivity index (χ1n) is 3.08. The van der Waals surface area contributed by atoms with E-state index in [0.717, 1.165) is 6.26 Å². The average Bonchev–Trinajstić information content (AvgIpc) is 1.89. The maximum Gasteiger partial charge on any atom is 0.101 e. The number of hydrogen-bond acceptors (Lipinski definition) is 3. The van der Waals surface area contributed by atoms with Crippen molar-refractivity contribution >= 4 is 0 Å². The number of nitriles is 1. The third-order valence-electron chi connectivity index (χ3n) is 1.05. The summed E-state index contributed by atoms with van der Waals surface area (Å²) in [6.07, 6.45) is 2.50. The van der Waals surface area contributed by atoms with Gasteiger partial charge in [0.05, 0.1) is 12.3 Å². The van der Waals surface area contributed by atoms with Gasteiger partial charge in [-0.3, -0.25) is 5.32 Å². The fourth-order valence-electron chi connectivity index (χ4n) is 0.406. The van der Waals surface area contributed by atoms with Crippen molar-refractivity contribution in [3.8, 4) is 6.07 Å². The highest BCUT2D eigenvalue weighted by atomic mass is 16.2. The van der Waals surface area contributed by atoms with Crippen molar-refractivity contribution < 1.29 is 5.11 Å². The highest BCUT2D eigenvalue weighted by molar-refractivity contribution is 5.01. The first-order valence-corrected chi connectivity index (χ1v) is 3.08. The predicted octanol–water partition coefficient (Wildman–Crippen LogP) is 0.950. The number of rotatable bonds is 3. The van der Waals surface area contributed by atoms with E-state index in [9.17, 15) is 0 Å². The van der Waals surface area contributed by atoms with Gasteiger partial charge in [0.15, 0.2) is 0 Å². The molecule has 0 aromatic carbocycles. The van der Waals surface area contributed by atoms with Crippen molar-refractivity contribution in [2.24, 2.45) is 0 Å². The lowest BCUT2D eigenvalue weighted by molar-refractivity contribution is 0.464. The van der Waals surface area contributed by atoms with Gasteiger partial charge >= 0.3 is 0 Å². The fourth-order valence-corrected chi connectivity index (χ4v) is 0.406. The van der Waals surface area contributed by atoms with Crippen molar-refractivity contribution in [1.82, 2.24) is 5.32 Å². The van der Waals surface area contributed by atoms with Gasteiger partial charge in [0.25, 0.3) is 0 Å². The number of nitrogens with zero attached hydrogens (tertiary/aromatic N) is 1. The van der Waals surface area contributed by atoms with Crippen LogP contribution in [0.2, 0.25) is 0 Å². The molecule has 2 N–H and O–H groups in total. The van der Waals surface area contributed by atoms with E-state index < -0.39 is 5.54 Å². The first-order chi connectivity index (χ1) is 4.62. The highest BCUT2D eigenvalue weighted by Crippen LogP contribution is 1.96. The zero-order valence-corrected chi connectivity index (χ0v) is 6.26. The molecule has 0 rings (SSSR count). The number of aliphatic hydroxyl groups is 1. The highest BCUT2D eigenvalue weighted by Gasteiger charge is 2.12. The van der Waals surface area contributed by atoms with Crippen molar-refractivity contribution in [3.63, 3.8) is 0 Å². The Morgan fingerprint density at radius 2 is 2.30 bits per heavy atom. The third-order valence-corrected chi connectivity index (χ3v) is 1.05. The molecule has 0 aliphatic heterocycles. The van der Waals surface area contributed by atoms with Gasteiger partial charge in [-0.25, -0.2) is 0 Å². The Kier molecular flexibility index (Phi) is 3.52. The van der Waals surface area contributed by atoms with Crippen LogP contribution in [0.1, 0.15) is 13.8 Å². The predicted molar refractivity (Wildman–Crippen MR) is 39.5 cm³/mol. The van der Waals surface area contributed by atoms with E-state index in [1.165, 1.54) is 0 Å². The molecule has 0 aliphatic carbocycles. The van der Waals surface area contributed by atoms with Gasteiger partial charge in [0.2, 0.25) is 0 Å². The van der Waals surface area contributed by atoms with Crippen molar-refractivity contribution in [2.45, 2.75) is 19.4 Å². The molecular weight excluding hydrogens is 128 g/mol. The normalized spacial score (nSPS) is 11.7. The molecule has 0 saturated heterocycles. The van der Waals surface area contributed by atoms with Gasteiger partial charge in [-0.1, -0.05) is 0 Å². The van der Waals surface area contributed by atoms with E-state index in [0.29, 0.717) is 6.54 Å². The largest absolute Gasteiger partial charge is 0.516 e. The Bertz CT molecular complexity index is 155. The minimum atomic E-state index is -0.514. The molecule has 0 saturated carbocycles. The lowest BCUT2D eigenvalue weighted by Gasteiger charge is -2.14. The summed E-state index contributed by atoms with van der Waals surface area (Å²) in [6, 6.07) is 2.07. The summed E-state index contributed by atoms with van der Waals surface area (Å²) >= 11 is 0. The second-order valence-corrected chi connectivity index (χ2v) is 2.50. The summed E-state index contributed by atoms with van der Waals surface area (Å²) in [5.41, 5.74) is -0.514. The van der Waals surface area contributed by atoms with Gasteiger partial charge in [-0.15, -0.1) is 0 Å². The number of aliphatic hydroxyl groups excluding tert-OH is 1. The van der Waals surface area contributed by atoms with Crippen LogP contribution in [0, 0.1) is 11.3 Å². The van der Waals surface area contributed by atoms with Crippen LogP contribution < -0.4 is 5.32 Å². The molecule has 0 spiro atoms. The standard InChI is InChI=1S/C7H12N2O/c1-7(2,6-8)9-4-3-5-10/h3,5,9-10H,4H2,1-2H3/b5-3+. The summed E-state index contributed by atoms with van der Waals surface area (Å²) in [5, 5.41) is 19.6. The topological polar surface area (TPSA) is 56.0 Å². The molecule has 0 aromatic heterocycles.